The fraction of sp³-hybridized carbons (Fsp3) is 0.231. The van der Waals surface area contributed by atoms with Gasteiger partial charge in [0.1, 0.15) is 13.2 Å². The Morgan fingerprint density at radius 3 is 2.39 bits per heavy atom. The highest BCUT2D eigenvalue weighted by Crippen LogP contribution is 2.37. The molecule has 33 heavy (non-hydrogen) atoms. The van der Waals surface area contributed by atoms with Crippen LogP contribution in [-0.4, -0.2) is 41.7 Å². The molecule has 0 saturated carbocycles. The van der Waals surface area contributed by atoms with Crippen LogP contribution in [0.4, 0.5) is 0 Å². The number of aromatic nitrogens is 2. The van der Waals surface area contributed by atoms with Crippen LogP contribution in [0.5, 0.6) is 11.5 Å². The second-order valence-corrected chi connectivity index (χ2v) is 7.85. The van der Waals surface area contributed by atoms with Gasteiger partial charge in [-0.1, -0.05) is 30.3 Å². The predicted octanol–water partition coefficient (Wildman–Crippen LogP) is 4.23. The normalized spacial score (nSPS) is 12.7. The van der Waals surface area contributed by atoms with Gasteiger partial charge in [-0.2, -0.15) is 0 Å². The Morgan fingerprint density at radius 1 is 0.848 bits per heavy atom. The van der Waals surface area contributed by atoms with Crippen LogP contribution >= 0.6 is 0 Å². The van der Waals surface area contributed by atoms with Crippen molar-refractivity contribution in [3.05, 3.63) is 71.8 Å². The van der Waals surface area contributed by atoms with Crippen molar-refractivity contribution in [3.63, 3.8) is 0 Å². The van der Waals surface area contributed by atoms with E-state index in [1.807, 2.05) is 54.6 Å². The Hall–Kier alpha value is -3.68. The zero-order chi connectivity index (χ0) is 22.6. The van der Waals surface area contributed by atoms with Gasteiger partial charge in [0.2, 0.25) is 11.8 Å². The largest absolute Gasteiger partial charge is 0.486 e. The predicted molar refractivity (Wildman–Crippen MR) is 125 cm³/mol. The fourth-order valence-electron chi connectivity index (χ4n) is 3.92. The van der Waals surface area contributed by atoms with Crippen LogP contribution in [0, 0.1) is 6.92 Å². The molecule has 2 N–H and O–H groups in total. The first-order valence-electron chi connectivity index (χ1n) is 11.0. The highest BCUT2D eigenvalue weighted by atomic mass is 16.6. The zero-order valence-electron chi connectivity index (χ0n) is 18.4. The third-order valence-electron chi connectivity index (χ3n) is 5.66. The number of aliphatic hydroxyl groups is 1. The summed E-state index contributed by atoms with van der Waals surface area (Å²) in [4.78, 5) is 0. The molecule has 0 bridgehead atoms. The molecule has 0 spiro atoms. The Labute approximate surface area is 192 Å². The van der Waals surface area contributed by atoms with Gasteiger partial charge in [-0.3, -0.25) is 0 Å². The van der Waals surface area contributed by atoms with E-state index in [1.165, 1.54) is 0 Å². The van der Waals surface area contributed by atoms with E-state index in [-0.39, 0.29) is 6.61 Å². The summed E-state index contributed by atoms with van der Waals surface area (Å²) in [6.45, 7) is 4.57. The molecule has 1 aliphatic heterocycles. The van der Waals surface area contributed by atoms with E-state index in [9.17, 15) is 0 Å². The lowest BCUT2D eigenvalue weighted by Gasteiger charge is -2.19. The molecule has 3 aromatic carbocycles. The van der Waals surface area contributed by atoms with Crippen LogP contribution in [0.2, 0.25) is 0 Å². The van der Waals surface area contributed by atoms with E-state index in [2.05, 4.69) is 28.5 Å². The lowest BCUT2D eigenvalue weighted by molar-refractivity contribution is 0.171. The standard InChI is InChI=1S/C26H25N3O4/c1-17-21(20-9-10-23-24(15-20)32-14-13-31-23)3-2-4-22(17)26-29-28-25(33-26)19-7-5-18(6-8-19)16-27-11-12-30/h2-10,15,27,30H,11-14,16H2,1H3. The average Bonchev–Trinajstić information content (AvgIpc) is 3.34. The maximum atomic E-state index is 8.88. The second-order valence-electron chi connectivity index (χ2n) is 7.85. The van der Waals surface area contributed by atoms with Crippen molar-refractivity contribution < 1.29 is 19.0 Å². The first-order chi connectivity index (χ1) is 16.2. The molecular weight excluding hydrogens is 418 g/mol. The van der Waals surface area contributed by atoms with Crippen molar-refractivity contribution in [2.75, 3.05) is 26.4 Å². The highest BCUT2D eigenvalue weighted by molar-refractivity contribution is 5.77. The van der Waals surface area contributed by atoms with Gasteiger partial charge in [-0.05, 0) is 59.5 Å². The maximum absolute atomic E-state index is 8.88. The highest BCUT2D eigenvalue weighted by Gasteiger charge is 2.17. The van der Waals surface area contributed by atoms with E-state index in [0.29, 0.717) is 38.1 Å². The van der Waals surface area contributed by atoms with E-state index in [0.717, 1.165) is 44.9 Å². The SMILES string of the molecule is Cc1c(-c2ccc3c(c2)OCCO3)cccc1-c1nnc(-c2ccc(CNCCO)cc2)o1. The minimum Gasteiger partial charge on any atom is -0.486 e. The number of rotatable bonds is 7. The number of fused-ring (bicyclic) bond motifs is 1. The smallest absolute Gasteiger partial charge is 0.248 e. The zero-order valence-corrected chi connectivity index (χ0v) is 18.4. The Kier molecular flexibility index (Phi) is 6.06. The van der Waals surface area contributed by atoms with Gasteiger partial charge in [0.25, 0.3) is 0 Å². The molecule has 0 aliphatic carbocycles. The minimum atomic E-state index is 0.123. The minimum absolute atomic E-state index is 0.123. The summed E-state index contributed by atoms with van der Waals surface area (Å²) in [5.41, 5.74) is 6.04. The number of hydrogen-bond donors (Lipinski definition) is 2. The second kappa shape index (κ2) is 9.44. The van der Waals surface area contributed by atoms with Crippen molar-refractivity contribution >= 4 is 0 Å². The summed E-state index contributed by atoms with van der Waals surface area (Å²) in [5.74, 6) is 2.49. The van der Waals surface area contributed by atoms with E-state index in [1.54, 1.807) is 0 Å². The van der Waals surface area contributed by atoms with Gasteiger partial charge < -0.3 is 24.3 Å². The van der Waals surface area contributed by atoms with Crippen LogP contribution in [0.1, 0.15) is 11.1 Å². The summed E-state index contributed by atoms with van der Waals surface area (Å²) in [7, 11) is 0. The number of benzene rings is 3. The number of ether oxygens (including phenoxy) is 2. The molecule has 0 atom stereocenters. The molecule has 0 radical (unpaired) electrons. The van der Waals surface area contributed by atoms with Gasteiger partial charge in [-0.25, -0.2) is 0 Å². The van der Waals surface area contributed by atoms with Gasteiger partial charge in [-0.15, -0.1) is 10.2 Å². The van der Waals surface area contributed by atoms with E-state index < -0.39 is 0 Å². The fourth-order valence-corrected chi connectivity index (χ4v) is 3.92. The number of nitrogens with one attached hydrogen (secondary N) is 1. The molecule has 0 saturated heterocycles. The van der Waals surface area contributed by atoms with E-state index >= 15 is 0 Å². The Morgan fingerprint density at radius 2 is 1.58 bits per heavy atom. The van der Waals surface area contributed by atoms with Gasteiger partial charge >= 0.3 is 0 Å². The first kappa shape index (κ1) is 21.2. The quantitative estimate of drug-likeness (QED) is 0.413. The molecule has 0 amide bonds. The van der Waals surface area contributed by atoms with Crippen LogP contribution in [-0.2, 0) is 6.54 Å². The number of hydrogen-bond acceptors (Lipinski definition) is 7. The molecular formula is C26H25N3O4. The molecule has 168 valence electrons. The molecule has 1 aliphatic rings. The van der Waals surface area contributed by atoms with Crippen LogP contribution < -0.4 is 14.8 Å². The lowest BCUT2D eigenvalue weighted by atomic mass is 9.96. The van der Waals surface area contributed by atoms with Crippen molar-refractivity contribution in [2.24, 2.45) is 0 Å². The maximum Gasteiger partial charge on any atom is 0.248 e. The molecule has 7 nitrogen and oxygen atoms in total. The molecule has 4 aromatic rings. The monoisotopic (exact) mass is 443 g/mol. The van der Waals surface area contributed by atoms with Crippen LogP contribution in [0.25, 0.3) is 34.0 Å². The molecule has 0 fully saturated rings. The molecule has 7 heteroatoms. The van der Waals surface area contributed by atoms with Gasteiger partial charge in [0.15, 0.2) is 11.5 Å². The lowest BCUT2D eigenvalue weighted by Crippen LogP contribution is -2.17. The summed E-state index contributed by atoms with van der Waals surface area (Å²) < 4.78 is 17.4. The average molecular weight is 444 g/mol. The third-order valence-corrected chi connectivity index (χ3v) is 5.66. The molecule has 2 heterocycles. The molecule has 1 aromatic heterocycles. The summed E-state index contributed by atoms with van der Waals surface area (Å²) >= 11 is 0. The van der Waals surface area contributed by atoms with Crippen LogP contribution in [0.3, 0.4) is 0 Å². The summed E-state index contributed by atoms with van der Waals surface area (Å²) in [5, 5.41) is 20.6. The van der Waals surface area contributed by atoms with E-state index in [4.69, 9.17) is 19.0 Å². The Balaban J connectivity index is 1.40. The topological polar surface area (TPSA) is 89.6 Å². The summed E-state index contributed by atoms with van der Waals surface area (Å²) in [6, 6.07) is 20.0. The molecule has 5 rings (SSSR count). The Bertz CT molecular complexity index is 1250. The number of aliphatic hydroxyl groups excluding tert-OH is 1. The van der Waals surface area contributed by atoms with Crippen molar-refractivity contribution in [1.82, 2.24) is 15.5 Å². The first-order valence-corrected chi connectivity index (χ1v) is 11.0. The van der Waals surface area contributed by atoms with Crippen molar-refractivity contribution in [3.8, 4) is 45.5 Å². The number of nitrogens with zero attached hydrogens (tertiary/aromatic N) is 2. The van der Waals surface area contributed by atoms with Crippen molar-refractivity contribution in [2.45, 2.75) is 13.5 Å². The van der Waals surface area contributed by atoms with Crippen LogP contribution in [0.15, 0.2) is 65.1 Å². The molecule has 0 unspecified atom stereocenters. The van der Waals surface area contributed by atoms with Gasteiger partial charge in [0.05, 0.1) is 6.61 Å². The van der Waals surface area contributed by atoms with Gasteiger partial charge in [0, 0.05) is 24.2 Å². The summed E-state index contributed by atoms with van der Waals surface area (Å²) in [6.07, 6.45) is 0. The van der Waals surface area contributed by atoms with Crippen molar-refractivity contribution in [1.29, 1.82) is 0 Å². The third kappa shape index (κ3) is 4.46.